The van der Waals surface area contributed by atoms with Gasteiger partial charge in [-0.05, 0) is 25.8 Å². The normalized spacial score (nSPS) is 12.2. The van der Waals surface area contributed by atoms with Gasteiger partial charge in [-0.15, -0.1) is 0 Å². The maximum atomic E-state index is 12.4. The van der Waals surface area contributed by atoms with Crippen LogP contribution in [0.2, 0.25) is 0 Å². The van der Waals surface area contributed by atoms with Crippen LogP contribution in [0.1, 0.15) is 38.1 Å². The third-order valence-electron chi connectivity index (χ3n) is 3.06. The lowest BCUT2D eigenvalue weighted by molar-refractivity contribution is 0.0807. The van der Waals surface area contributed by atoms with Gasteiger partial charge >= 0.3 is 0 Å². The molecule has 1 unspecified atom stereocenters. The topological polar surface area (TPSA) is 63.2 Å². The standard InChI is InChI=1S/C15H25N3O2/c1-5-17-13-9-16-8-7-12(13)15(19)18-14(11(3)4)10-20-6-2/h7-9,11,14,17H,5-6,10H2,1-4H3,(H,18,19). The van der Waals surface area contributed by atoms with Crippen molar-refractivity contribution in [3.05, 3.63) is 24.0 Å². The second kappa shape index (κ2) is 8.53. The number of ether oxygens (including phenoxy) is 1. The van der Waals surface area contributed by atoms with Gasteiger partial charge in [0.2, 0.25) is 0 Å². The van der Waals surface area contributed by atoms with Crippen LogP contribution >= 0.6 is 0 Å². The molecule has 1 aromatic rings. The molecule has 0 aliphatic carbocycles. The van der Waals surface area contributed by atoms with E-state index in [9.17, 15) is 4.79 Å². The molecule has 0 bridgehead atoms. The van der Waals surface area contributed by atoms with E-state index in [2.05, 4.69) is 29.5 Å². The van der Waals surface area contributed by atoms with E-state index in [1.165, 1.54) is 0 Å². The Labute approximate surface area is 121 Å². The average Bonchev–Trinajstić information content (AvgIpc) is 2.43. The average molecular weight is 279 g/mol. The molecule has 0 fully saturated rings. The number of amides is 1. The van der Waals surface area contributed by atoms with Gasteiger partial charge in [-0.2, -0.15) is 0 Å². The van der Waals surface area contributed by atoms with Crippen molar-refractivity contribution in [1.82, 2.24) is 10.3 Å². The van der Waals surface area contributed by atoms with E-state index in [-0.39, 0.29) is 11.9 Å². The number of nitrogens with one attached hydrogen (secondary N) is 2. The predicted octanol–water partition coefficient (Wildman–Crippen LogP) is 2.30. The van der Waals surface area contributed by atoms with Crippen molar-refractivity contribution in [2.45, 2.75) is 33.7 Å². The summed E-state index contributed by atoms with van der Waals surface area (Å²) in [7, 11) is 0. The molecule has 0 saturated carbocycles. The van der Waals surface area contributed by atoms with Gasteiger partial charge in [-0.1, -0.05) is 13.8 Å². The highest BCUT2D eigenvalue weighted by Gasteiger charge is 2.19. The first kappa shape index (κ1) is 16.4. The number of pyridine rings is 1. The fourth-order valence-corrected chi connectivity index (χ4v) is 1.82. The second-order valence-electron chi connectivity index (χ2n) is 4.94. The fourth-order valence-electron chi connectivity index (χ4n) is 1.82. The molecule has 1 aromatic heterocycles. The SMILES string of the molecule is CCNc1cnccc1C(=O)NC(COCC)C(C)C. The Balaban J connectivity index is 2.78. The Morgan fingerprint density at radius 3 is 2.75 bits per heavy atom. The van der Waals surface area contributed by atoms with Crippen LogP contribution < -0.4 is 10.6 Å². The Hall–Kier alpha value is -1.62. The Morgan fingerprint density at radius 2 is 2.15 bits per heavy atom. The molecule has 0 aliphatic rings. The number of rotatable bonds is 8. The van der Waals surface area contributed by atoms with Crippen LogP contribution in [0.4, 0.5) is 5.69 Å². The maximum Gasteiger partial charge on any atom is 0.253 e. The molecular formula is C15H25N3O2. The fraction of sp³-hybridized carbons (Fsp3) is 0.600. The van der Waals surface area contributed by atoms with E-state index in [1.54, 1.807) is 18.5 Å². The van der Waals surface area contributed by atoms with Crippen molar-refractivity contribution in [2.75, 3.05) is 25.1 Å². The van der Waals surface area contributed by atoms with E-state index in [0.29, 0.717) is 24.7 Å². The highest BCUT2D eigenvalue weighted by molar-refractivity contribution is 5.99. The molecular weight excluding hydrogens is 254 g/mol. The minimum absolute atomic E-state index is 0.00471. The van der Waals surface area contributed by atoms with Crippen LogP contribution in [0.15, 0.2) is 18.5 Å². The maximum absolute atomic E-state index is 12.4. The molecule has 0 saturated heterocycles. The first-order chi connectivity index (χ1) is 9.60. The quantitative estimate of drug-likeness (QED) is 0.766. The molecule has 1 amide bonds. The molecule has 20 heavy (non-hydrogen) atoms. The Kier molecular flexibility index (Phi) is 7.01. The van der Waals surface area contributed by atoms with Crippen LogP contribution in [0.3, 0.4) is 0 Å². The molecule has 0 aromatic carbocycles. The lowest BCUT2D eigenvalue weighted by Gasteiger charge is -2.22. The van der Waals surface area contributed by atoms with Crippen LogP contribution in [-0.4, -0.2) is 36.7 Å². The number of anilines is 1. The van der Waals surface area contributed by atoms with Gasteiger partial charge in [0.1, 0.15) is 0 Å². The zero-order valence-corrected chi connectivity index (χ0v) is 12.8. The largest absolute Gasteiger partial charge is 0.383 e. The molecule has 2 N–H and O–H groups in total. The minimum atomic E-state index is -0.0956. The molecule has 1 atom stereocenters. The summed E-state index contributed by atoms with van der Waals surface area (Å²) in [4.78, 5) is 16.4. The summed E-state index contributed by atoms with van der Waals surface area (Å²) in [6.45, 7) is 10.0. The number of hydrogen-bond donors (Lipinski definition) is 2. The third kappa shape index (κ3) is 4.81. The van der Waals surface area contributed by atoms with E-state index < -0.39 is 0 Å². The summed E-state index contributed by atoms with van der Waals surface area (Å²) in [5.74, 6) is 0.219. The van der Waals surface area contributed by atoms with Gasteiger partial charge in [0.15, 0.2) is 0 Å². The van der Waals surface area contributed by atoms with E-state index in [1.807, 2.05) is 13.8 Å². The lowest BCUT2D eigenvalue weighted by Crippen LogP contribution is -2.42. The third-order valence-corrected chi connectivity index (χ3v) is 3.06. The smallest absolute Gasteiger partial charge is 0.253 e. The molecule has 0 aliphatic heterocycles. The zero-order valence-electron chi connectivity index (χ0n) is 12.8. The van der Waals surface area contributed by atoms with E-state index in [4.69, 9.17) is 4.74 Å². The van der Waals surface area contributed by atoms with Gasteiger partial charge in [-0.3, -0.25) is 9.78 Å². The van der Waals surface area contributed by atoms with E-state index in [0.717, 1.165) is 12.2 Å². The number of carbonyl (C=O) groups is 1. The molecule has 1 rings (SSSR count). The summed E-state index contributed by atoms with van der Waals surface area (Å²) in [5.41, 5.74) is 1.37. The van der Waals surface area contributed by atoms with Crippen molar-refractivity contribution < 1.29 is 9.53 Å². The first-order valence-corrected chi connectivity index (χ1v) is 7.16. The summed E-state index contributed by atoms with van der Waals surface area (Å²) < 4.78 is 5.43. The highest BCUT2D eigenvalue weighted by atomic mass is 16.5. The molecule has 5 heteroatoms. The van der Waals surface area contributed by atoms with Gasteiger partial charge in [-0.25, -0.2) is 0 Å². The molecule has 0 radical (unpaired) electrons. The number of aromatic nitrogens is 1. The summed E-state index contributed by atoms with van der Waals surface area (Å²) in [6, 6.07) is 1.73. The Bertz CT molecular complexity index is 421. The number of hydrogen-bond acceptors (Lipinski definition) is 4. The van der Waals surface area contributed by atoms with Crippen molar-refractivity contribution in [3.63, 3.8) is 0 Å². The molecule has 0 spiro atoms. The van der Waals surface area contributed by atoms with Crippen LogP contribution in [0, 0.1) is 5.92 Å². The monoisotopic (exact) mass is 279 g/mol. The Morgan fingerprint density at radius 1 is 1.40 bits per heavy atom. The van der Waals surface area contributed by atoms with Crippen LogP contribution in [-0.2, 0) is 4.74 Å². The first-order valence-electron chi connectivity index (χ1n) is 7.16. The van der Waals surface area contributed by atoms with Crippen molar-refractivity contribution in [2.24, 2.45) is 5.92 Å². The van der Waals surface area contributed by atoms with Crippen molar-refractivity contribution in [1.29, 1.82) is 0 Å². The zero-order chi connectivity index (χ0) is 15.0. The summed E-state index contributed by atoms with van der Waals surface area (Å²) in [6.07, 6.45) is 3.30. The number of carbonyl (C=O) groups excluding carboxylic acids is 1. The van der Waals surface area contributed by atoms with Gasteiger partial charge in [0.25, 0.3) is 5.91 Å². The summed E-state index contributed by atoms with van der Waals surface area (Å²) >= 11 is 0. The summed E-state index contributed by atoms with van der Waals surface area (Å²) in [5, 5.41) is 6.18. The lowest BCUT2D eigenvalue weighted by atomic mass is 10.0. The minimum Gasteiger partial charge on any atom is -0.383 e. The van der Waals surface area contributed by atoms with E-state index >= 15 is 0 Å². The van der Waals surface area contributed by atoms with Gasteiger partial charge in [0, 0.05) is 19.3 Å². The second-order valence-corrected chi connectivity index (χ2v) is 4.94. The molecule has 5 nitrogen and oxygen atoms in total. The van der Waals surface area contributed by atoms with Crippen molar-refractivity contribution in [3.8, 4) is 0 Å². The van der Waals surface area contributed by atoms with Crippen LogP contribution in [0.5, 0.6) is 0 Å². The molecule has 1 heterocycles. The van der Waals surface area contributed by atoms with Crippen LogP contribution in [0.25, 0.3) is 0 Å². The highest BCUT2D eigenvalue weighted by Crippen LogP contribution is 2.14. The number of nitrogens with zero attached hydrogens (tertiary/aromatic N) is 1. The predicted molar refractivity (Wildman–Crippen MR) is 81.0 cm³/mol. The van der Waals surface area contributed by atoms with Gasteiger partial charge < -0.3 is 15.4 Å². The molecule has 112 valence electrons. The van der Waals surface area contributed by atoms with Gasteiger partial charge in [0.05, 0.1) is 30.1 Å². The van der Waals surface area contributed by atoms with Crippen molar-refractivity contribution >= 4 is 11.6 Å².